The lowest BCUT2D eigenvalue weighted by Crippen LogP contribution is -2.44. The normalized spacial score (nSPS) is 21.8. The molecule has 2 aromatic rings. The van der Waals surface area contributed by atoms with Crippen LogP contribution in [0.2, 0.25) is 0 Å². The first-order valence-electron chi connectivity index (χ1n) is 8.30. The van der Waals surface area contributed by atoms with Gasteiger partial charge in [-0.15, -0.1) is 11.3 Å². The van der Waals surface area contributed by atoms with Crippen LogP contribution in [-0.4, -0.2) is 59.9 Å². The van der Waals surface area contributed by atoms with E-state index in [4.69, 9.17) is 9.47 Å². The first-order chi connectivity index (χ1) is 12.8. The molecule has 10 heteroatoms. The van der Waals surface area contributed by atoms with Crippen LogP contribution in [0.15, 0.2) is 46.0 Å². The van der Waals surface area contributed by atoms with Crippen molar-refractivity contribution in [2.24, 2.45) is 0 Å². The molecule has 0 saturated carbocycles. The highest BCUT2D eigenvalue weighted by molar-refractivity contribution is 7.97. The van der Waals surface area contributed by atoms with Gasteiger partial charge in [0.2, 0.25) is 0 Å². The van der Waals surface area contributed by atoms with Crippen LogP contribution in [0.5, 0.6) is 11.5 Å². The number of nitrogens with one attached hydrogen (secondary N) is 1. The van der Waals surface area contributed by atoms with E-state index in [1.165, 1.54) is 6.07 Å². The molecule has 1 N–H and O–H groups in total. The minimum absolute atomic E-state index is 0.190. The van der Waals surface area contributed by atoms with Crippen molar-refractivity contribution in [2.45, 2.75) is 15.5 Å². The van der Waals surface area contributed by atoms with E-state index in [2.05, 4.69) is 5.32 Å². The van der Waals surface area contributed by atoms with E-state index in [9.17, 15) is 16.8 Å². The van der Waals surface area contributed by atoms with Crippen LogP contribution in [-0.2, 0) is 19.7 Å². The monoisotopic (exact) mass is 431 g/mol. The van der Waals surface area contributed by atoms with E-state index in [0.29, 0.717) is 12.3 Å². The van der Waals surface area contributed by atoms with Gasteiger partial charge in [-0.25, -0.2) is 16.8 Å². The van der Waals surface area contributed by atoms with Crippen molar-refractivity contribution in [1.82, 2.24) is 5.32 Å². The molecule has 0 aliphatic carbocycles. The molecule has 2 atom stereocenters. The lowest BCUT2D eigenvalue weighted by atomic mass is 10.2. The van der Waals surface area contributed by atoms with Crippen molar-refractivity contribution in [3.05, 3.63) is 41.8 Å². The third kappa shape index (κ3) is 4.81. The zero-order valence-corrected chi connectivity index (χ0v) is 17.1. The van der Waals surface area contributed by atoms with Crippen LogP contribution >= 0.6 is 11.3 Å². The fourth-order valence-corrected chi connectivity index (χ4v) is 8.91. The van der Waals surface area contributed by atoms with Crippen LogP contribution in [0.1, 0.15) is 0 Å². The lowest BCUT2D eigenvalue weighted by Gasteiger charge is -2.19. The second kappa shape index (κ2) is 8.17. The first-order valence-corrected chi connectivity index (χ1v) is 12.5. The predicted molar refractivity (Wildman–Crippen MR) is 104 cm³/mol. The van der Waals surface area contributed by atoms with Gasteiger partial charge >= 0.3 is 0 Å². The Bertz CT molecular complexity index is 953. The van der Waals surface area contributed by atoms with E-state index in [1.54, 1.807) is 42.8 Å². The Balaban J connectivity index is 1.60. The maximum Gasteiger partial charge on any atom is 0.193 e. The summed E-state index contributed by atoms with van der Waals surface area (Å²) in [7, 11) is -5.52. The molecule has 148 valence electrons. The van der Waals surface area contributed by atoms with Crippen molar-refractivity contribution in [2.75, 3.05) is 31.8 Å². The summed E-state index contributed by atoms with van der Waals surface area (Å²) in [5.74, 6) is 0.826. The molecule has 0 unspecified atom stereocenters. The highest BCUT2D eigenvalue weighted by Crippen LogP contribution is 2.28. The molecule has 3 rings (SSSR count). The SMILES string of the molecule is COc1ccc(OCCN[C@@H]2CS(=O)(=O)C[C@H]2S(=O)(=O)c2cccs2)cc1. The van der Waals surface area contributed by atoms with Gasteiger partial charge in [-0.2, -0.15) is 0 Å². The van der Waals surface area contributed by atoms with E-state index in [0.717, 1.165) is 17.1 Å². The topological polar surface area (TPSA) is 98.8 Å². The van der Waals surface area contributed by atoms with Gasteiger partial charge in [0, 0.05) is 12.6 Å². The Morgan fingerprint density at radius 1 is 1.15 bits per heavy atom. The number of thiophene rings is 1. The summed E-state index contributed by atoms with van der Waals surface area (Å²) in [6.07, 6.45) is 0. The molecule has 1 aliphatic rings. The Morgan fingerprint density at radius 3 is 2.48 bits per heavy atom. The van der Waals surface area contributed by atoms with Crippen LogP contribution in [0, 0.1) is 0 Å². The van der Waals surface area contributed by atoms with Crippen molar-refractivity contribution in [1.29, 1.82) is 0 Å². The van der Waals surface area contributed by atoms with Crippen molar-refractivity contribution in [3.8, 4) is 11.5 Å². The average molecular weight is 432 g/mol. The van der Waals surface area contributed by atoms with Gasteiger partial charge in [-0.1, -0.05) is 6.07 Å². The van der Waals surface area contributed by atoms with Crippen LogP contribution in [0.3, 0.4) is 0 Å². The summed E-state index contributed by atoms with van der Waals surface area (Å²) < 4.78 is 60.5. The number of sulfone groups is 2. The highest BCUT2D eigenvalue weighted by Gasteiger charge is 2.45. The summed E-state index contributed by atoms with van der Waals surface area (Å²) in [6.45, 7) is 0.622. The summed E-state index contributed by atoms with van der Waals surface area (Å²) in [6, 6.07) is 9.58. The fraction of sp³-hybridized carbons (Fsp3) is 0.412. The molecule has 7 nitrogen and oxygen atoms in total. The van der Waals surface area contributed by atoms with Gasteiger partial charge in [0.1, 0.15) is 22.3 Å². The standard InChI is InChI=1S/C17H21NO6S3/c1-23-13-4-6-14(7-5-13)24-9-8-18-15-11-26(19,20)12-16(15)27(21,22)17-3-2-10-25-17/h2-7,10,15-16,18H,8-9,11-12H2,1H3/t15-,16-/m1/s1. The van der Waals surface area contributed by atoms with Crippen molar-refractivity contribution >= 4 is 31.0 Å². The molecule has 1 saturated heterocycles. The maximum atomic E-state index is 12.8. The number of rotatable bonds is 8. The molecule has 1 fully saturated rings. The Labute approximate surface area is 163 Å². The molecule has 0 amide bonds. The Kier molecular flexibility index (Phi) is 6.09. The quantitative estimate of drug-likeness (QED) is 0.630. The minimum atomic E-state index is -3.69. The zero-order valence-electron chi connectivity index (χ0n) is 14.7. The molecule has 1 aromatic heterocycles. The van der Waals surface area contributed by atoms with Gasteiger partial charge in [-0.05, 0) is 35.7 Å². The zero-order chi connectivity index (χ0) is 19.5. The molecule has 1 aliphatic heterocycles. The van der Waals surface area contributed by atoms with Crippen LogP contribution in [0.25, 0.3) is 0 Å². The van der Waals surface area contributed by atoms with E-state index in [-0.39, 0.29) is 22.3 Å². The third-order valence-corrected chi connectivity index (χ3v) is 9.89. The molecular weight excluding hydrogens is 410 g/mol. The van der Waals surface area contributed by atoms with Crippen LogP contribution < -0.4 is 14.8 Å². The Hall–Kier alpha value is -1.62. The Morgan fingerprint density at radius 2 is 1.85 bits per heavy atom. The van der Waals surface area contributed by atoms with Gasteiger partial charge in [0.25, 0.3) is 0 Å². The first kappa shape index (κ1) is 20.1. The summed E-state index contributed by atoms with van der Waals surface area (Å²) >= 11 is 1.10. The maximum absolute atomic E-state index is 12.8. The number of hydrogen-bond donors (Lipinski definition) is 1. The van der Waals surface area contributed by atoms with Crippen molar-refractivity contribution in [3.63, 3.8) is 0 Å². The second-order valence-corrected chi connectivity index (χ2v) is 11.7. The second-order valence-electron chi connectivity index (χ2n) is 6.18. The van der Waals surface area contributed by atoms with Gasteiger partial charge in [0.05, 0.1) is 23.9 Å². The highest BCUT2D eigenvalue weighted by atomic mass is 32.2. The third-order valence-electron chi connectivity index (χ3n) is 4.31. The molecule has 0 bridgehead atoms. The lowest BCUT2D eigenvalue weighted by molar-refractivity contribution is 0.307. The van der Waals surface area contributed by atoms with E-state index >= 15 is 0 Å². The average Bonchev–Trinajstić information content (AvgIpc) is 3.27. The number of hydrogen-bond acceptors (Lipinski definition) is 8. The minimum Gasteiger partial charge on any atom is -0.497 e. The summed E-state index contributed by atoms with van der Waals surface area (Å²) in [5, 5.41) is 3.73. The van der Waals surface area contributed by atoms with Crippen LogP contribution in [0.4, 0.5) is 0 Å². The van der Waals surface area contributed by atoms with E-state index < -0.39 is 31.0 Å². The molecule has 1 aromatic carbocycles. The predicted octanol–water partition coefficient (Wildman–Crippen LogP) is 1.36. The van der Waals surface area contributed by atoms with Gasteiger partial charge < -0.3 is 14.8 Å². The molecule has 0 spiro atoms. The molecular formula is C17H21NO6S3. The number of methoxy groups -OCH3 is 1. The molecule has 2 heterocycles. The van der Waals surface area contributed by atoms with E-state index in [1.807, 2.05) is 0 Å². The summed E-state index contributed by atoms with van der Waals surface area (Å²) in [4.78, 5) is 0. The molecule has 27 heavy (non-hydrogen) atoms. The largest absolute Gasteiger partial charge is 0.497 e. The van der Waals surface area contributed by atoms with Gasteiger partial charge in [0.15, 0.2) is 19.7 Å². The summed E-state index contributed by atoms with van der Waals surface area (Å²) in [5.41, 5.74) is 0. The number of benzene rings is 1. The van der Waals surface area contributed by atoms with Crippen molar-refractivity contribution < 1.29 is 26.3 Å². The molecule has 0 radical (unpaired) electrons. The smallest absolute Gasteiger partial charge is 0.193 e. The fourth-order valence-electron chi connectivity index (χ4n) is 2.97. The van der Waals surface area contributed by atoms with Gasteiger partial charge in [-0.3, -0.25) is 0 Å². The number of ether oxygens (including phenoxy) is 2.